The number of aromatic nitrogens is 2. The van der Waals surface area contributed by atoms with E-state index in [1.54, 1.807) is 73.2 Å². The largest absolute Gasteiger partial charge is 0.454 e. The topological polar surface area (TPSA) is 106 Å². The molecule has 160 valence electrons. The molecule has 0 atom stereocenters. The number of hydrogen-bond donors (Lipinski definition) is 2. The molecule has 0 aliphatic rings. The van der Waals surface area contributed by atoms with E-state index in [-0.39, 0.29) is 36.2 Å². The lowest BCUT2D eigenvalue weighted by Gasteiger charge is -2.08. The molecule has 0 aliphatic carbocycles. The molecule has 3 aromatic heterocycles. The molecular weight excluding hydrogens is 408 g/mol. The lowest BCUT2D eigenvalue weighted by atomic mass is 10.1. The maximum absolute atomic E-state index is 12.5. The van der Waals surface area contributed by atoms with Gasteiger partial charge in [-0.15, -0.1) is 0 Å². The van der Waals surface area contributed by atoms with Crippen molar-refractivity contribution in [2.75, 3.05) is 5.32 Å². The van der Waals surface area contributed by atoms with Crippen LogP contribution in [0.1, 0.15) is 32.2 Å². The van der Waals surface area contributed by atoms with Crippen LogP contribution in [-0.4, -0.2) is 21.4 Å². The fourth-order valence-corrected chi connectivity index (χ4v) is 3.07. The first kappa shape index (κ1) is 20.8. The fraction of sp³-hybridized carbons (Fsp3) is 0.0833. The minimum absolute atomic E-state index is 0.149. The molecule has 0 aliphatic heterocycles. The van der Waals surface area contributed by atoms with Crippen LogP contribution in [0.4, 0.5) is 5.69 Å². The summed E-state index contributed by atoms with van der Waals surface area (Å²) >= 11 is 0. The Morgan fingerprint density at radius 3 is 2.59 bits per heavy atom. The predicted octanol–water partition coefficient (Wildman–Crippen LogP) is 3.07. The van der Waals surface area contributed by atoms with Crippen LogP contribution in [0.2, 0.25) is 0 Å². The molecule has 4 rings (SSSR count). The maximum atomic E-state index is 12.5. The summed E-state index contributed by atoms with van der Waals surface area (Å²) in [5.41, 5.74) is 1.74. The van der Waals surface area contributed by atoms with Crippen molar-refractivity contribution < 1.29 is 14.0 Å². The van der Waals surface area contributed by atoms with Gasteiger partial charge in [0.15, 0.2) is 5.76 Å². The van der Waals surface area contributed by atoms with E-state index in [9.17, 15) is 14.4 Å². The number of furan rings is 1. The van der Waals surface area contributed by atoms with Crippen LogP contribution in [-0.2, 0) is 13.1 Å². The van der Waals surface area contributed by atoms with Gasteiger partial charge in [-0.25, -0.2) is 0 Å². The van der Waals surface area contributed by atoms with E-state index in [1.165, 1.54) is 10.6 Å². The third kappa shape index (κ3) is 5.17. The van der Waals surface area contributed by atoms with Crippen LogP contribution in [0.3, 0.4) is 0 Å². The molecule has 8 nitrogen and oxygen atoms in total. The fourth-order valence-electron chi connectivity index (χ4n) is 3.07. The van der Waals surface area contributed by atoms with Gasteiger partial charge in [-0.2, -0.15) is 0 Å². The first-order chi connectivity index (χ1) is 15.6. The van der Waals surface area contributed by atoms with Gasteiger partial charge in [-0.3, -0.25) is 19.4 Å². The van der Waals surface area contributed by atoms with Gasteiger partial charge >= 0.3 is 0 Å². The average Bonchev–Trinajstić information content (AvgIpc) is 3.28. The van der Waals surface area contributed by atoms with Crippen LogP contribution < -0.4 is 16.2 Å². The van der Waals surface area contributed by atoms with Crippen molar-refractivity contribution in [3.8, 4) is 0 Å². The van der Waals surface area contributed by atoms with E-state index in [0.29, 0.717) is 17.0 Å². The molecule has 8 heteroatoms. The summed E-state index contributed by atoms with van der Waals surface area (Å²) < 4.78 is 7.07. The Morgan fingerprint density at radius 1 is 0.938 bits per heavy atom. The van der Waals surface area contributed by atoms with E-state index in [1.807, 2.05) is 6.07 Å². The Labute approximate surface area is 183 Å². The highest BCUT2D eigenvalue weighted by Crippen LogP contribution is 2.12. The smallest absolute Gasteiger partial charge is 0.287 e. The first-order valence-electron chi connectivity index (χ1n) is 9.91. The van der Waals surface area contributed by atoms with Crippen molar-refractivity contribution in [2.45, 2.75) is 13.1 Å². The molecule has 0 saturated carbocycles. The molecular formula is C24H20N4O4. The standard InChI is InChI=1S/C24H20N4O4/c29-22-6-1-2-13-28(22)16-20-7-8-21(32-20)24(31)26-15-17-4-3-5-18(14-17)23(30)27-19-9-11-25-12-10-19/h1-14H,15-16H2,(H,26,31)(H,25,27,30). The Bertz CT molecular complexity index is 1290. The maximum Gasteiger partial charge on any atom is 0.287 e. The van der Waals surface area contributed by atoms with Crippen molar-refractivity contribution in [1.29, 1.82) is 0 Å². The quantitative estimate of drug-likeness (QED) is 0.471. The summed E-state index contributed by atoms with van der Waals surface area (Å²) in [5.74, 6) is 0.00769. The van der Waals surface area contributed by atoms with Crippen LogP contribution in [0.25, 0.3) is 0 Å². The summed E-state index contributed by atoms with van der Waals surface area (Å²) in [6.45, 7) is 0.463. The number of amides is 2. The zero-order valence-corrected chi connectivity index (χ0v) is 17.0. The Hall–Kier alpha value is -4.46. The number of carbonyl (C=O) groups excluding carboxylic acids is 2. The van der Waals surface area contributed by atoms with E-state index < -0.39 is 0 Å². The molecule has 0 unspecified atom stereocenters. The van der Waals surface area contributed by atoms with E-state index in [4.69, 9.17) is 4.42 Å². The number of nitrogens with zero attached hydrogens (tertiary/aromatic N) is 2. The van der Waals surface area contributed by atoms with Crippen LogP contribution in [0, 0.1) is 0 Å². The van der Waals surface area contributed by atoms with Gasteiger partial charge in [-0.1, -0.05) is 18.2 Å². The second kappa shape index (κ2) is 9.57. The average molecular weight is 428 g/mol. The third-order valence-electron chi connectivity index (χ3n) is 4.69. The normalized spacial score (nSPS) is 10.5. The molecule has 32 heavy (non-hydrogen) atoms. The van der Waals surface area contributed by atoms with Gasteiger partial charge in [0.05, 0.1) is 6.54 Å². The number of benzene rings is 1. The second-order valence-corrected chi connectivity index (χ2v) is 7.01. The molecule has 2 N–H and O–H groups in total. The highest BCUT2D eigenvalue weighted by atomic mass is 16.4. The lowest BCUT2D eigenvalue weighted by Crippen LogP contribution is -2.22. The summed E-state index contributed by atoms with van der Waals surface area (Å²) in [4.78, 5) is 40.6. The van der Waals surface area contributed by atoms with Crippen molar-refractivity contribution in [2.24, 2.45) is 0 Å². The predicted molar refractivity (Wildman–Crippen MR) is 118 cm³/mol. The van der Waals surface area contributed by atoms with Gasteiger partial charge < -0.3 is 19.6 Å². The zero-order valence-electron chi connectivity index (χ0n) is 17.0. The summed E-state index contributed by atoms with van der Waals surface area (Å²) in [7, 11) is 0. The molecule has 4 aromatic rings. The molecule has 0 spiro atoms. The first-order valence-corrected chi connectivity index (χ1v) is 9.91. The van der Waals surface area contributed by atoms with E-state index in [0.717, 1.165) is 5.56 Å². The van der Waals surface area contributed by atoms with Crippen LogP contribution in [0.15, 0.2) is 94.5 Å². The summed E-state index contributed by atoms with van der Waals surface area (Å²) in [5, 5.41) is 5.58. The zero-order chi connectivity index (χ0) is 22.3. The molecule has 3 heterocycles. The molecule has 0 bridgehead atoms. The second-order valence-electron chi connectivity index (χ2n) is 7.01. The van der Waals surface area contributed by atoms with Gasteiger partial charge in [-0.05, 0) is 48.0 Å². The van der Waals surface area contributed by atoms with Crippen molar-refractivity contribution in [3.05, 3.63) is 118 Å². The van der Waals surface area contributed by atoms with Crippen molar-refractivity contribution in [1.82, 2.24) is 14.9 Å². The van der Waals surface area contributed by atoms with Gasteiger partial charge in [0.1, 0.15) is 5.76 Å². The van der Waals surface area contributed by atoms with Gasteiger partial charge in [0, 0.05) is 42.5 Å². The molecule has 2 amide bonds. The summed E-state index contributed by atoms with van der Waals surface area (Å²) in [6, 6.07) is 18.5. The molecule has 0 fully saturated rings. The number of hydrogen-bond acceptors (Lipinski definition) is 5. The van der Waals surface area contributed by atoms with Crippen LogP contribution in [0.5, 0.6) is 0 Å². The highest BCUT2D eigenvalue weighted by Gasteiger charge is 2.12. The summed E-state index contributed by atoms with van der Waals surface area (Å²) in [6.07, 6.45) is 4.85. The Morgan fingerprint density at radius 2 is 1.78 bits per heavy atom. The number of pyridine rings is 2. The Balaban J connectivity index is 1.36. The van der Waals surface area contributed by atoms with Gasteiger partial charge in [0.2, 0.25) is 0 Å². The molecule has 0 saturated heterocycles. The SMILES string of the molecule is O=C(Nc1ccncc1)c1cccc(CNC(=O)c2ccc(Cn3ccccc3=O)o2)c1. The number of anilines is 1. The van der Waals surface area contributed by atoms with Crippen molar-refractivity contribution in [3.63, 3.8) is 0 Å². The Kier molecular flexibility index (Phi) is 6.22. The third-order valence-corrected chi connectivity index (χ3v) is 4.69. The number of rotatable bonds is 7. The van der Waals surface area contributed by atoms with Gasteiger partial charge in [0.25, 0.3) is 17.4 Å². The highest BCUT2D eigenvalue weighted by molar-refractivity contribution is 6.04. The number of carbonyl (C=O) groups is 2. The van der Waals surface area contributed by atoms with Crippen molar-refractivity contribution >= 4 is 17.5 Å². The lowest BCUT2D eigenvalue weighted by molar-refractivity contribution is 0.0921. The van der Waals surface area contributed by atoms with E-state index in [2.05, 4.69) is 15.6 Å². The molecule has 1 aromatic carbocycles. The monoisotopic (exact) mass is 428 g/mol. The minimum Gasteiger partial charge on any atom is -0.454 e. The van der Waals surface area contributed by atoms with E-state index >= 15 is 0 Å². The molecule has 0 radical (unpaired) electrons. The minimum atomic E-state index is -0.386. The van der Waals surface area contributed by atoms with Crippen LogP contribution >= 0.6 is 0 Å². The number of nitrogens with one attached hydrogen (secondary N) is 2.